The summed E-state index contributed by atoms with van der Waals surface area (Å²) in [6.45, 7) is 2.85. The SMILES string of the molecule is CC(NCc1ccc(Cl)cc1)C(=O)NCc1ccco1. The Labute approximate surface area is 123 Å². The zero-order chi connectivity index (χ0) is 14.4. The van der Waals surface area contributed by atoms with E-state index in [-0.39, 0.29) is 11.9 Å². The van der Waals surface area contributed by atoms with Crippen molar-refractivity contribution in [2.75, 3.05) is 0 Å². The number of halogens is 1. The summed E-state index contributed by atoms with van der Waals surface area (Å²) in [5.41, 5.74) is 1.08. The van der Waals surface area contributed by atoms with Crippen LogP contribution in [-0.4, -0.2) is 11.9 Å². The Morgan fingerprint density at radius 2 is 2.00 bits per heavy atom. The lowest BCUT2D eigenvalue weighted by atomic mass is 10.2. The number of rotatable bonds is 6. The monoisotopic (exact) mass is 292 g/mol. The molecular weight excluding hydrogens is 276 g/mol. The van der Waals surface area contributed by atoms with Crippen molar-refractivity contribution in [2.24, 2.45) is 0 Å². The number of carbonyl (C=O) groups is 1. The van der Waals surface area contributed by atoms with Gasteiger partial charge in [-0.2, -0.15) is 0 Å². The molecule has 1 amide bonds. The Kier molecular flexibility index (Phi) is 5.21. The number of amides is 1. The lowest BCUT2D eigenvalue weighted by Crippen LogP contribution is -2.41. The van der Waals surface area contributed by atoms with Crippen molar-refractivity contribution in [3.8, 4) is 0 Å². The van der Waals surface area contributed by atoms with E-state index in [4.69, 9.17) is 16.0 Å². The molecule has 0 aliphatic rings. The number of benzene rings is 1. The molecule has 2 aromatic rings. The molecule has 1 aromatic carbocycles. The minimum absolute atomic E-state index is 0.0598. The van der Waals surface area contributed by atoms with Crippen LogP contribution in [0, 0.1) is 0 Å². The van der Waals surface area contributed by atoms with Crippen LogP contribution in [0.5, 0.6) is 0 Å². The first-order valence-electron chi connectivity index (χ1n) is 6.43. The van der Waals surface area contributed by atoms with Gasteiger partial charge in [0.05, 0.1) is 18.8 Å². The molecule has 5 heteroatoms. The van der Waals surface area contributed by atoms with Crippen LogP contribution in [-0.2, 0) is 17.9 Å². The van der Waals surface area contributed by atoms with Gasteiger partial charge >= 0.3 is 0 Å². The molecule has 0 saturated carbocycles. The van der Waals surface area contributed by atoms with Crippen molar-refractivity contribution in [3.05, 3.63) is 59.0 Å². The lowest BCUT2D eigenvalue weighted by molar-refractivity contribution is -0.123. The molecule has 1 atom stereocenters. The zero-order valence-corrected chi connectivity index (χ0v) is 12.0. The van der Waals surface area contributed by atoms with E-state index in [9.17, 15) is 4.79 Å². The minimum atomic E-state index is -0.277. The van der Waals surface area contributed by atoms with Crippen LogP contribution in [0.3, 0.4) is 0 Å². The normalized spacial score (nSPS) is 12.1. The first-order valence-corrected chi connectivity index (χ1v) is 6.81. The summed E-state index contributed by atoms with van der Waals surface area (Å²) in [7, 11) is 0. The average molecular weight is 293 g/mol. The van der Waals surface area contributed by atoms with E-state index >= 15 is 0 Å². The number of carbonyl (C=O) groups excluding carboxylic acids is 1. The van der Waals surface area contributed by atoms with Crippen molar-refractivity contribution >= 4 is 17.5 Å². The molecule has 0 bridgehead atoms. The van der Waals surface area contributed by atoms with Gasteiger partial charge in [-0.15, -0.1) is 0 Å². The van der Waals surface area contributed by atoms with Crippen molar-refractivity contribution < 1.29 is 9.21 Å². The highest BCUT2D eigenvalue weighted by Gasteiger charge is 2.12. The van der Waals surface area contributed by atoms with Gasteiger partial charge in [0.25, 0.3) is 0 Å². The molecule has 2 N–H and O–H groups in total. The third kappa shape index (κ3) is 4.40. The molecule has 4 nitrogen and oxygen atoms in total. The number of nitrogens with one attached hydrogen (secondary N) is 2. The maximum absolute atomic E-state index is 11.9. The van der Waals surface area contributed by atoms with Gasteiger partial charge in [-0.3, -0.25) is 4.79 Å². The molecule has 1 heterocycles. The molecule has 0 radical (unpaired) electrons. The fourth-order valence-corrected chi connectivity index (χ4v) is 1.83. The van der Waals surface area contributed by atoms with Crippen LogP contribution in [0.2, 0.25) is 5.02 Å². The maximum Gasteiger partial charge on any atom is 0.237 e. The first kappa shape index (κ1) is 14.6. The first-order chi connectivity index (χ1) is 9.65. The van der Waals surface area contributed by atoms with Gasteiger partial charge in [-0.25, -0.2) is 0 Å². The number of hydrogen-bond acceptors (Lipinski definition) is 3. The van der Waals surface area contributed by atoms with Crippen LogP contribution in [0.1, 0.15) is 18.2 Å². The van der Waals surface area contributed by atoms with Gasteiger partial charge in [0.15, 0.2) is 0 Å². The summed E-state index contributed by atoms with van der Waals surface area (Å²) in [6, 6.07) is 10.9. The van der Waals surface area contributed by atoms with Gasteiger partial charge in [-0.1, -0.05) is 23.7 Å². The van der Waals surface area contributed by atoms with Gasteiger partial charge in [0, 0.05) is 11.6 Å². The highest BCUT2D eigenvalue weighted by Crippen LogP contribution is 2.09. The van der Waals surface area contributed by atoms with Crippen molar-refractivity contribution in [1.29, 1.82) is 0 Å². The summed E-state index contributed by atoms with van der Waals surface area (Å²) in [6.07, 6.45) is 1.59. The van der Waals surface area contributed by atoms with Gasteiger partial charge in [0.2, 0.25) is 5.91 Å². The Balaban J connectivity index is 1.74. The second-order valence-corrected chi connectivity index (χ2v) is 4.96. The van der Waals surface area contributed by atoms with Crippen LogP contribution >= 0.6 is 11.6 Å². The predicted octanol–water partition coefficient (Wildman–Crippen LogP) is 2.73. The quantitative estimate of drug-likeness (QED) is 0.861. The molecule has 0 fully saturated rings. The van der Waals surface area contributed by atoms with Gasteiger partial charge in [-0.05, 0) is 36.8 Å². The van der Waals surface area contributed by atoms with Crippen LogP contribution in [0.25, 0.3) is 0 Å². The molecular formula is C15H17ClN2O2. The second-order valence-electron chi connectivity index (χ2n) is 4.53. The third-order valence-corrected chi connectivity index (χ3v) is 3.19. The van der Waals surface area contributed by atoms with Crippen molar-refractivity contribution in [3.63, 3.8) is 0 Å². The van der Waals surface area contributed by atoms with Gasteiger partial charge < -0.3 is 15.1 Å². The van der Waals surface area contributed by atoms with Crippen LogP contribution in [0.4, 0.5) is 0 Å². The van der Waals surface area contributed by atoms with E-state index in [2.05, 4.69) is 10.6 Å². The molecule has 106 valence electrons. The van der Waals surface area contributed by atoms with E-state index in [1.807, 2.05) is 37.3 Å². The predicted molar refractivity (Wildman–Crippen MR) is 78.3 cm³/mol. The molecule has 0 spiro atoms. The molecule has 1 unspecified atom stereocenters. The van der Waals surface area contributed by atoms with Crippen molar-refractivity contribution in [1.82, 2.24) is 10.6 Å². The van der Waals surface area contributed by atoms with Crippen LogP contribution in [0.15, 0.2) is 47.1 Å². The average Bonchev–Trinajstić information content (AvgIpc) is 2.97. The highest BCUT2D eigenvalue weighted by molar-refractivity contribution is 6.30. The zero-order valence-electron chi connectivity index (χ0n) is 11.2. The summed E-state index contributed by atoms with van der Waals surface area (Å²) in [5, 5.41) is 6.68. The topological polar surface area (TPSA) is 54.3 Å². The fraction of sp³-hybridized carbons (Fsp3) is 0.267. The standard InChI is InChI=1S/C15H17ClN2O2/c1-11(15(19)18-10-14-3-2-8-20-14)17-9-12-4-6-13(16)7-5-12/h2-8,11,17H,9-10H2,1H3,(H,18,19). The van der Waals surface area contributed by atoms with E-state index < -0.39 is 0 Å². The smallest absolute Gasteiger partial charge is 0.237 e. The van der Waals surface area contributed by atoms with E-state index in [0.717, 1.165) is 11.3 Å². The summed E-state index contributed by atoms with van der Waals surface area (Å²) in [4.78, 5) is 11.9. The highest BCUT2D eigenvalue weighted by atomic mass is 35.5. The Hall–Kier alpha value is -1.78. The lowest BCUT2D eigenvalue weighted by Gasteiger charge is -2.13. The Morgan fingerprint density at radius 1 is 1.25 bits per heavy atom. The Morgan fingerprint density at radius 3 is 2.65 bits per heavy atom. The van der Waals surface area contributed by atoms with Crippen molar-refractivity contribution in [2.45, 2.75) is 26.1 Å². The van der Waals surface area contributed by atoms with E-state index in [1.165, 1.54) is 0 Å². The van der Waals surface area contributed by atoms with Crippen LogP contribution < -0.4 is 10.6 Å². The summed E-state index contributed by atoms with van der Waals surface area (Å²) >= 11 is 5.82. The summed E-state index contributed by atoms with van der Waals surface area (Å²) < 4.78 is 5.16. The molecule has 0 saturated heterocycles. The number of hydrogen-bond donors (Lipinski definition) is 2. The molecule has 0 aliphatic heterocycles. The largest absolute Gasteiger partial charge is 0.467 e. The number of furan rings is 1. The van der Waals surface area contributed by atoms with E-state index in [0.29, 0.717) is 18.1 Å². The molecule has 1 aromatic heterocycles. The minimum Gasteiger partial charge on any atom is -0.467 e. The molecule has 0 aliphatic carbocycles. The Bertz CT molecular complexity index is 538. The second kappa shape index (κ2) is 7.12. The fourth-order valence-electron chi connectivity index (χ4n) is 1.71. The summed E-state index contributed by atoms with van der Waals surface area (Å²) in [5.74, 6) is 0.679. The van der Waals surface area contributed by atoms with E-state index in [1.54, 1.807) is 12.3 Å². The molecule has 20 heavy (non-hydrogen) atoms. The molecule has 2 rings (SSSR count). The maximum atomic E-state index is 11.9. The van der Waals surface area contributed by atoms with Gasteiger partial charge in [0.1, 0.15) is 5.76 Å². The third-order valence-electron chi connectivity index (χ3n) is 2.94.